The molecule has 11 heteroatoms. The van der Waals surface area contributed by atoms with Crippen LogP contribution in [0.5, 0.6) is 0 Å². The molecule has 0 aromatic heterocycles. The van der Waals surface area contributed by atoms with Crippen molar-refractivity contribution in [2.24, 2.45) is 16.6 Å². The molecule has 30 heavy (non-hydrogen) atoms. The third-order valence-corrected chi connectivity index (χ3v) is 3.80. The van der Waals surface area contributed by atoms with E-state index in [0.29, 0.717) is 32.5 Å². The molecule has 0 fully saturated rings. The average molecular weight is 424 g/mol. The van der Waals surface area contributed by atoms with Gasteiger partial charge in [0.2, 0.25) is 0 Å². The Balaban J connectivity index is 2.35. The Labute approximate surface area is 176 Å². The fourth-order valence-corrected chi connectivity index (χ4v) is 2.46. The summed E-state index contributed by atoms with van der Waals surface area (Å²) in [6.45, 7) is 6.62. The zero-order valence-electron chi connectivity index (χ0n) is 17.8. The maximum atomic E-state index is 11.8. The highest BCUT2D eigenvalue weighted by molar-refractivity contribution is 5.93. The van der Waals surface area contributed by atoms with Crippen LogP contribution in [0.3, 0.4) is 0 Å². The fourth-order valence-electron chi connectivity index (χ4n) is 2.46. The van der Waals surface area contributed by atoms with Crippen LogP contribution in [0, 0.1) is 10.1 Å². The number of ether oxygens (including phenoxy) is 1. The molecule has 1 aromatic rings. The molecule has 1 aromatic carbocycles. The highest BCUT2D eigenvalue weighted by Crippen LogP contribution is 2.10. The highest BCUT2D eigenvalue weighted by Gasteiger charge is 2.18. The van der Waals surface area contributed by atoms with Crippen LogP contribution in [0.2, 0.25) is 0 Å². The van der Waals surface area contributed by atoms with Crippen molar-refractivity contribution in [3.8, 4) is 0 Å². The van der Waals surface area contributed by atoms with E-state index in [1.807, 2.05) is 24.3 Å². The minimum Gasteiger partial charge on any atom is -0.444 e. The molecule has 1 atom stereocenters. The van der Waals surface area contributed by atoms with Crippen LogP contribution in [0.15, 0.2) is 29.4 Å². The Morgan fingerprint density at radius 1 is 1.30 bits per heavy atom. The molecule has 0 unspecified atom stereocenters. The van der Waals surface area contributed by atoms with Crippen molar-refractivity contribution in [2.45, 2.75) is 51.7 Å². The van der Waals surface area contributed by atoms with E-state index >= 15 is 0 Å². The average Bonchev–Trinajstić information content (AvgIpc) is 2.62. The minimum atomic E-state index is -0.895. The van der Waals surface area contributed by atoms with Gasteiger partial charge in [0.1, 0.15) is 10.7 Å². The van der Waals surface area contributed by atoms with E-state index in [4.69, 9.17) is 16.2 Å². The molecular weight excluding hydrogens is 390 g/mol. The lowest BCUT2D eigenvalue weighted by Gasteiger charge is -2.19. The molecule has 7 N–H and O–H groups in total. The largest absolute Gasteiger partial charge is 0.444 e. The van der Waals surface area contributed by atoms with Gasteiger partial charge in [-0.1, -0.05) is 12.1 Å². The van der Waals surface area contributed by atoms with Crippen LogP contribution < -0.4 is 27.4 Å². The third kappa shape index (κ3) is 11.8. The monoisotopic (exact) mass is 423 g/mol. The van der Waals surface area contributed by atoms with Crippen LogP contribution in [0.25, 0.3) is 0 Å². The number of hydrogen-bond acceptors (Lipinski definition) is 7. The molecule has 0 radical (unpaired) electrons. The quantitative estimate of drug-likeness (QED) is 0.123. The minimum absolute atomic E-state index is 0.106. The first-order valence-corrected chi connectivity index (χ1v) is 9.84. The summed E-state index contributed by atoms with van der Waals surface area (Å²) in [6.07, 6.45) is 1.32. The van der Waals surface area contributed by atoms with Gasteiger partial charge in [0.05, 0.1) is 0 Å². The molecule has 0 saturated carbocycles. The Bertz CT molecular complexity index is 702. The number of nitrogens with one attached hydrogen (secondary N) is 3. The number of nitrogens with two attached hydrogens (primary N) is 2. The smallest absolute Gasteiger partial charge is 0.414 e. The predicted octanol–water partition coefficient (Wildman–Crippen LogP) is 1.37. The van der Waals surface area contributed by atoms with E-state index in [1.54, 1.807) is 20.8 Å². The standard InChI is InChI=1S/C19H33N7O4/c1-19(2,3)30-18(27)24-17(25-26(28)29)22-12-4-5-15(21)13-23-16-8-6-14(7-9-16)10-11-20/h6-9,15,23H,4-5,10-13,20-21H2,1-3H3,(H2,22,24,25,27)/t15-/m0/s1. The summed E-state index contributed by atoms with van der Waals surface area (Å²) in [4.78, 5) is 22.4. The topological polar surface area (TPSA) is 170 Å². The molecule has 11 nitrogen and oxygen atoms in total. The maximum absolute atomic E-state index is 11.8. The summed E-state index contributed by atoms with van der Waals surface area (Å²) in [5.41, 5.74) is 13.1. The molecule has 1 rings (SSSR count). The van der Waals surface area contributed by atoms with Crippen molar-refractivity contribution in [2.75, 3.05) is 25.0 Å². The number of carbonyl (C=O) groups excluding carboxylic acids is 1. The molecule has 1 amide bonds. The second-order valence-electron chi connectivity index (χ2n) is 7.76. The Kier molecular flexibility index (Phi) is 10.6. The molecule has 0 aliphatic rings. The summed E-state index contributed by atoms with van der Waals surface area (Å²) in [7, 11) is 0. The van der Waals surface area contributed by atoms with Gasteiger partial charge in [-0.25, -0.2) is 14.9 Å². The number of benzene rings is 1. The van der Waals surface area contributed by atoms with E-state index in [9.17, 15) is 14.9 Å². The Morgan fingerprint density at radius 2 is 1.97 bits per heavy atom. The van der Waals surface area contributed by atoms with E-state index in [0.717, 1.165) is 12.1 Å². The Morgan fingerprint density at radius 3 is 2.53 bits per heavy atom. The summed E-state index contributed by atoms with van der Waals surface area (Å²) in [6, 6.07) is 7.92. The number of amides is 1. The summed E-state index contributed by atoms with van der Waals surface area (Å²) in [5.74, 6) is -0.279. The van der Waals surface area contributed by atoms with E-state index < -0.39 is 16.7 Å². The van der Waals surface area contributed by atoms with Gasteiger partial charge in [0.15, 0.2) is 5.03 Å². The number of carbonyl (C=O) groups is 1. The number of hydrazone groups is 1. The molecule has 0 aliphatic heterocycles. The second kappa shape index (κ2) is 12.6. The van der Waals surface area contributed by atoms with Crippen LogP contribution in [0.4, 0.5) is 10.5 Å². The number of anilines is 1. The van der Waals surface area contributed by atoms with Crippen LogP contribution in [0.1, 0.15) is 39.2 Å². The zero-order valence-corrected chi connectivity index (χ0v) is 17.8. The first-order valence-electron chi connectivity index (χ1n) is 9.84. The van der Waals surface area contributed by atoms with Crippen molar-refractivity contribution in [3.63, 3.8) is 0 Å². The summed E-state index contributed by atoms with van der Waals surface area (Å²) in [5, 5.41) is 21.1. The van der Waals surface area contributed by atoms with Crippen molar-refractivity contribution in [1.29, 1.82) is 0 Å². The molecule has 0 bridgehead atoms. The van der Waals surface area contributed by atoms with Crippen molar-refractivity contribution in [3.05, 3.63) is 39.9 Å². The fraction of sp³-hybridized carbons (Fsp3) is 0.579. The number of nitrogens with zero attached hydrogens (tertiary/aromatic N) is 2. The Hall–Kier alpha value is -2.92. The van der Waals surface area contributed by atoms with E-state index in [1.165, 1.54) is 5.56 Å². The molecule has 0 aliphatic carbocycles. The molecule has 0 saturated heterocycles. The summed E-state index contributed by atoms with van der Waals surface area (Å²) >= 11 is 0. The number of guanidine groups is 1. The number of rotatable bonds is 10. The maximum Gasteiger partial charge on any atom is 0.414 e. The zero-order chi connectivity index (χ0) is 22.6. The van der Waals surface area contributed by atoms with E-state index in [2.05, 4.69) is 21.1 Å². The van der Waals surface area contributed by atoms with E-state index in [-0.39, 0.29) is 12.0 Å². The lowest BCUT2D eigenvalue weighted by Crippen LogP contribution is -2.44. The predicted molar refractivity (Wildman–Crippen MR) is 117 cm³/mol. The normalized spacial score (nSPS) is 12.8. The van der Waals surface area contributed by atoms with Crippen LogP contribution in [-0.2, 0) is 11.2 Å². The molecular formula is C19H33N7O4. The van der Waals surface area contributed by atoms with Gasteiger partial charge in [0.25, 0.3) is 5.96 Å². The SMILES string of the molecule is CC(C)(C)OC(=O)NC(=N[N+](=O)[O-])NCCC[C@H](N)CNc1ccc(CCN)cc1. The highest BCUT2D eigenvalue weighted by atomic mass is 16.7. The first kappa shape index (κ1) is 25.1. The van der Waals surface area contributed by atoms with Gasteiger partial charge in [-0.2, -0.15) is 0 Å². The lowest BCUT2D eigenvalue weighted by molar-refractivity contribution is -0.485. The number of nitro groups is 1. The van der Waals surface area contributed by atoms with Gasteiger partial charge in [0, 0.05) is 24.8 Å². The van der Waals surface area contributed by atoms with Crippen molar-refractivity contribution in [1.82, 2.24) is 10.6 Å². The lowest BCUT2D eigenvalue weighted by atomic mass is 10.1. The van der Waals surface area contributed by atoms with Crippen molar-refractivity contribution < 1.29 is 14.6 Å². The number of hydrogen-bond donors (Lipinski definition) is 5. The van der Waals surface area contributed by atoms with Crippen molar-refractivity contribution >= 4 is 17.7 Å². The van der Waals surface area contributed by atoms with Gasteiger partial charge in [-0.15, -0.1) is 0 Å². The van der Waals surface area contributed by atoms with Crippen LogP contribution >= 0.6 is 0 Å². The van der Waals surface area contributed by atoms with Gasteiger partial charge >= 0.3 is 6.09 Å². The van der Waals surface area contributed by atoms with Gasteiger partial charge in [-0.05, 0) is 64.3 Å². The second-order valence-corrected chi connectivity index (χ2v) is 7.76. The molecule has 0 spiro atoms. The van der Waals surface area contributed by atoms with Crippen LogP contribution in [-0.4, -0.2) is 48.4 Å². The third-order valence-electron chi connectivity index (χ3n) is 3.80. The molecule has 168 valence electrons. The summed E-state index contributed by atoms with van der Waals surface area (Å²) < 4.78 is 5.06. The molecule has 0 heterocycles. The van der Waals surface area contributed by atoms with Gasteiger partial charge < -0.3 is 26.8 Å². The first-order chi connectivity index (χ1) is 14.1. The number of alkyl carbamates (subject to hydrolysis) is 1. The van der Waals surface area contributed by atoms with Gasteiger partial charge in [-0.3, -0.25) is 5.32 Å².